The summed E-state index contributed by atoms with van der Waals surface area (Å²) in [7, 11) is -3.51. The average Bonchev–Trinajstić information content (AvgIpc) is 2.50. The van der Waals surface area contributed by atoms with Crippen LogP contribution in [-0.4, -0.2) is 20.1 Å². The van der Waals surface area contributed by atoms with Crippen molar-refractivity contribution < 1.29 is 17.4 Å². The minimum absolute atomic E-state index is 0.0459. The fourth-order valence-electron chi connectivity index (χ4n) is 2.41. The molecule has 1 aromatic carbocycles. The monoisotopic (exact) mass is 311 g/mol. The summed E-state index contributed by atoms with van der Waals surface area (Å²) in [4.78, 5) is 12.1. The number of benzene rings is 1. The Morgan fingerprint density at radius 2 is 1.81 bits per heavy atom. The molecule has 2 rings (SSSR count). The lowest BCUT2D eigenvalue weighted by atomic mass is 9.88. The van der Waals surface area contributed by atoms with Gasteiger partial charge in [-0.15, -0.1) is 0 Å². The van der Waals surface area contributed by atoms with Crippen LogP contribution in [0, 0.1) is 5.92 Å². The van der Waals surface area contributed by atoms with Crippen molar-refractivity contribution in [2.75, 3.05) is 11.1 Å². The summed E-state index contributed by atoms with van der Waals surface area (Å²) in [5.74, 6) is 0.319. The second kappa shape index (κ2) is 6.93. The molecule has 0 aromatic heterocycles. The van der Waals surface area contributed by atoms with E-state index in [4.69, 9.17) is 4.18 Å². The third-order valence-electron chi connectivity index (χ3n) is 3.67. The Labute approximate surface area is 125 Å². The van der Waals surface area contributed by atoms with Crippen LogP contribution in [0.5, 0.6) is 5.75 Å². The van der Waals surface area contributed by atoms with Crippen molar-refractivity contribution in [3.8, 4) is 5.75 Å². The second-order valence-corrected chi connectivity index (χ2v) is 7.14. The summed E-state index contributed by atoms with van der Waals surface area (Å²) in [6.07, 6.45) is 5.32. The maximum absolute atomic E-state index is 12.1. The van der Waals surface area contributed by atoms with Crippen LogP contribution >= 0.6 is 0 Å². The molecule has 0 atom stereocenters. The number of amides is 1. The molecule has 1 aliphatic rings. The molecule has 116 valence electrons. The zero-order valence-electron chi connectivity index (χ0n) is 12.2. The maximum Gasteiger partial charge on any atom is 0.308 e. The van der Waals surface area contributed by atoms with Crippen molar-refractivity contribution in [2.45, 2.75) is 39.0 Å². The lowest BCUT2D eigenvalue weighted by Crippen LogP contribution is -2.24. The first-order valence-electron chi connectivity index (χ1n) is 7.33. The van der Waals surface area contributed by atoms with Gasteiger partial charge in [-0.1, -0.05) is 19.3 Å². The number of nitrogens with one attached hydrogen (secondary N) is 1. The molecule has 0 unspecified atom stereocenters. The van der Waals surface area contributed by atoms with E-state index in [-0.39, 0.29) is 23.3 Å². The zero-order valence-corrected chi connectivity index (χ0v) is 13.0. The Bertz CT molecular complexity index is 574. The van der Waals surface area contributed by atoms with Crippen molar-refractivity contribution in [1.82, 2.24) is 0 Å². The highest BCUT2D eigenvalue weighted by Crippen LogP contribution is 2.25. The Morgan fingerprint density at radius 1 is 1.19 bits per heavy atom. The number of rotatable bonds is 5. The van der Waals surface area contributed by atoms with Gasteiger partial charge in [0.15, 0.2) is 0 Å². The number of hydrogen-bond acceptors (Lipinski definition) is 4. The summed E-state index contributed by atoms with van der Waals surface area (Å²) in [6.45, 7) is 1.52. The van der Waals surface area contributed by atoms with Gasteiger partial charge < -0.3 is 9.50 Å². The molecular formula is C15H21NO4S. The molecule has 0 bridgehead atoms. The van der Waals surface area contributed by atoms with Gasteiger partial charge in [0, 0.05) is 11.6 Å². The lowest BCUT2D eigenvalue weighted by molar-refractivity contribution is -0.120. The van der Waals surface area contributed by atoms with E-state index >= 15 is 0 Å². The van der Waals surface area contributed by atoms with Crippen LogP contribution < -0.4 is 9.50 Å². The van der Waals surface area contributed by atoms with Crippen LogP contribution in [0.1, 0.15) is 39.0 Å². The predicted molar refractivity (Wildman–Crippen MR) is 81.7 cm³/mol. The smallest absolute Gasteiger partial charge is 0.308 e. The minimum Gasteiger partial charge on any atom is -0.382 e. The van der Waals surface area contributed by atoms with E-state index in [2.05, 4.69) is 5.32 Å². The molecular weight excluding hydrogens is 290 g/mol. The summed E-state index contributed by atoms with van der Waals surface area (Å²) >= 11 is 0. The van der Waals surface area contributed by atoms with Gasteiger partial charge >= 0.3 is 10.1 Å². The molecule has 1 aromatic rings. The van der Waals surface area contributed by atoms with Gasteiger partial charge in [0.2, 0.25) is 5.91 Å². The Morgan fingerprint density at radius 3 is 2.38 bits per heavy atom. The Balaban J connectivity index is 1.94. The van der Waals surface area contributed by atoms with E-state index < -0.39 is 10.1 Å². The zero-order chi connectivity index (χ0) is 15.3. The Hall–Kier alpha value is -1.56. The van der Waals surface area contributed by atoms with Gasteiger partial charge in [-0.25, -0.2) is 0 Å². The molecule has 0 radical (unpaired) electrons. The maximum atomic E-state index is 12.1. The van der Waals surface area contributed by atoms with Gasteiger partial charge in [-0.3, -0.25) is 4.79 Å². The van der Waals surface area contributed by atoms with Crippen molar-refractivity contribution >= 4 is 21.7 Å². The number of hydrogen-bond donors (Lipinski definition) is 1. The quantitative estimate of drug-likeness (QED) is 0.849. The van der Waals surface area contributed by atoms with E-state index in [9.17, 15) is 13.2 Å². The second-order valence-electron chi connectivity index (χ2n) is 5.28. The molecule has 0 spiro atoms. The summed E-state index contributed by atoms with van der Waals surface area (Å²) < 4.78 is 27.6. The molecule has 1 saturated carbocycles. The van der Waals surface area contributed by atoms with Gasteiger partial charge in [0.1, 0.15) is 5.75 Å². The van der Waals surface area contributed by atoms with Crippen LogP contribution in [0.4, 0.5) is 5.69 Å². The highest BCUT2D eigenvalue weighted by Gasteiger charge is 2.21. The summed E-state index contributed by atoms with van der Waals surface area (Å²) in [6, 6.07) is 6.40. The highest BCUT2D eigenvalue weighted by molar-refractivity contribution is 7.87. The van der Waals surface area contributed by atoms with Crippen molar-refractivity contribution in [3.05, 3.63) is 24.3 Å². The molecule has 5 nitrogen and oxygen atoms in total. The topological polar surface area (TPSA) is 72.5 Å². The molecule has 0 heterocycles. The minimum atomic E-state index is -3.51. The van der Waals surface area contributed by atoms with E-state index in [1.165, 1.54) is 13.3 Å². The van der Waals surface area contributed by atoms with Crippen LogP contribution in [0.2, 0.25) is 0 Å². The lowest BCUT2D eigenvalue weighted by Gasteiger charge is -2.20. The summed E-state index contributed by atoms with van der Waals surface area (Å²) in [5, 5.41) is 2.87. The third-order valence-corrected chi connectivity index (χ3v) is 4.83. The molecule has 1 N–H and O–H groups in total. The van der Waals surface area contributed by atoms with Crippen molar-refractivity contribution in [1.29, 1.82) is 0 Å². The number of carbonyl (C=O) groups excluding carboxylic acids is 1. The Kier molecular flexibility index (Phi) is 5.22. The molecule has 1 fully saturated rings. The number of anilines is 1. The molecule has 1 aliphatic carbocycles. The summed E-state index contributed by atoms with van der Waals surface area (Å²) in [5.41, 5.74) is 0.659. The van der Waals surface area contributed by atoms with E-state index in [0.29, 0.717) is 5.69 Å². The third kappa shape index (κ3) is 4.74. The van der Waals surface area contributed by atoms with Gasteiger partial charge in [0.05, 0.1) is 5.75 Å². The molecule has 0 saturated heterocycles. The van der Waals surface area contributed by atoms with E-state index in [1.807, 2.05) is 0 Å². The normalized spacial score (nSPS) is 16.4. The standard InChI is InChI=1S/C15H21NO4S/c1-2-21(18,19)20-14-10-8-13(9-11-14)16-15(17)12-6-4-3-5-7-12/h8-12H,2-7H2,1H3,(H,16,17). The fourth-order valence-corrected chi connectivity index (χ4v) is 2.93. The first-order valence-corrected chi connectivity index (χ1v) is 8.91. The molecule has 1 amide bonds. The van der Waals surface area contributed by atoms with Crippen molar-refractivity contribution in [3.63, 3.8) is 0 Å². The molecule has 21 heavy (non-hydrogen) atoms. The molecule has 6 heteroatoms. The van der Waals surface area contributed by atoms with Crippen LogP contribution in [0.3, 0.4) is 0 Å². The van der Waals surface area contributed by atoms with Crippen LogP contribution in [0.25, 0.3) is 0 Å². The SMILES string of the molecule is CCS(=O)(=O)Oc1ccc(NC(=O)C2CCCCC2)cc1. The van der Waals surface area contributed by atoms with Crippen LogP contribution in [-0.2, 0) is 14.9 Å². The number of carbonyl (C=O) groups is 1. The predicted octanol–water partition coefficient (Wildman–Crippen LogP) is 2.93. The molecule has 0 aliphatic heterocycles. The first kappa shape index (κ1) is 15.8. The van der Waals surface area contributed by atoms with Crippen LogP contribution in [0.15, 0.2) is 24.3 Å². The van der Waals surface area contributed by atoms with E-state index in [0.717, 1.165) is 25.7 Å². The van der Waals surface area contributed by atoms with E-state index in [1.54, 1.807) is 24.3 Å². The van der Waals surface area contributed by atoms with Gasteiger partial charge in [-0.05, 0) is 44.0 Å². The fraction of sp³-hybridized carbons (Fsp3) is 0.533. The highest BCUT2D eigenvalue weighted by atomic mass is 32.2. The largest absolute Gasteiger partial charge is 0.382 e. The van der Waals surface area contributed by atoms with Gasteiger partial charge in [-0.2, -0.15) is 8.42 Å². The van der Waals surface area contributed by atoms with Gasteiger partial charge in [0.25, 0.3) is 0 Å². The average molecular weight is 311 g/mol. The first-order chi connectivity index (χ1) is 10.00. The van der Waals surface area contributed by atoms with Crippen molar-refractivity contribution in [2.24, 2.45) is 5.92 Å².